The molecule has 0 spiro atoms. The molecule has 0 saturated carbocycles. The molecular formula is C42H70O4. The topological polar surface area (TPSA) is 52.6 Å². The number of hydrogen-bond donors (Lipinski definition) is 0. The van der Waals surface area contributed by atoms with Crippen molar-refractivity contribution in [1.29, 1.82) is 0 Å². The molecule has 0 bridgehead atoms. The molecule has 0 aromatic carbocycles. The summed E-state index contributed by atoms with van der Waals surface area (Å²) >= 11 is 0. The van der Waals surface area contributed by atoms with Crippen molar-refractivity contribution >= 4 is 11.9 Å². The van der Waals surface area contributed by atoms with Gasteiger partial charge in [0.25, 0.3) is 0 Å². The Morgan fingerprint density at radius 3 is 1.33 bits per heavy atom. The highest BCUT2D eigenvalue weighted by atomic mass is 16.6. The lowest BCUT2D eigenvalue weighted by Gasteiger charge is -2.17. The number of allylic oxidation sites excluding steroid dienone is 12. The van der Waals surface area contributed by atoms with Crippen LogP contribution in [0.4, 0.5) is 0 Å². The first-order valence-electron chi connectivity index (χ1n) is 19.0. The molecule has 0 aromatic rings. The molecule has 262 valence electrons. The Bertz CT molecular complexity index is 861. The Hall–Kier alpha value is -2.62. The van der Waals surface area contributed by atoms with Crippen molar-refractivity contribution in [1.82, 2.24) is 0 Å². The van der Waals surface area contributed by atoms with Gasteiger partial charge in [0.1, 0.15) is 6.10 Å². The summed E-state index contributed by atoms with van der Waals surface area (Å²) in [4.78, 5) is 24.5. The Balaban J connectivity index is 3.78. The van der Waals surface area contributed by atoms with Crippen molar-refractivity contribution in [3.05, 3.63) is 72.9 Å². The largest absolute Gasteiger partial charge is 0.466 e. The number of rotatable bonds is 32. The number of hydrogen-bond acceptors (Lipinski definition) is 4. The zero-order chi connectivity index (χ0) is 33.6. The molecule has 0 radical (unpaired) electrons. The van der Waals surface area contributed by atoms with E-state index in [1.807, 2.05) is 0 Å². The van der Waals surface area contributed by atoms with Crippen molar-refractivity contribution < 1.29 is 19.1 Å². The molecule has 1 atom stereocenters. The predicted molar refractivity (Wildman–Crippen MR) is 199 cm³/mol. The minimum Gasteiger partial charge on any atom is -0.466 e. The minimum absolute atomic E-state index is 0.120. The number of esters is 2. The molecule has 0 saturated heterocycles. The molecule has 4 nitrogen and oxygen atoms in total. The molecule has 0 N–H and O–H groups in total. The lowest BCUT2D eigenvalue weighted by molar-refractivity contribution is -0.151. The van der Waals surface area contributed by atoms with Gasteiger partial charge in [0.05, 0.1) is 6.61 Å². The zero-order valence-corrected chi connectivity index (χ0v) is 30.1. The fraction of sp³-hybridized carbons (Fsp3) is 0.667. The maximum Gasteiger partial charge on any atom is 0.306 e. The van der Waals surface area contributed by atoms with Gasteiger partial charge in [0.2, 0.25) is 0 Å². The Kier molecular flexibility index (Phi) is 34.7. The first-order chi connectivity index (χ1) is 22.6. The molecule has 0 aliphatic carbocycles. The quantitative estimate of drug-likeness (QED) is 0.0418. The second-order valence-corrected chi connectivity index (χ2v) is 12.3. The minimum atomic E-state index is -0.162. The third kappa shape index (κ3) is 34.3. The summed E-state index contributed by atoms with van der Waals surface area (Å²) in [5, 5.41) is 0. The van der Waals surface area contributed by atoms with Crippen molar-refractivity contribution in [2.45, 2.75) is 175 Å². The van der Waals surface area contributed by atoms with Crippen LogP contribution in [0.3, 0.4) is 0 Å². The van der Waals surface area contributed by atoms with E-state index < -0.39 is 0 Å². The normalized spacial score (nSPS) is 13.0. The Morgan fingerprint density at radius 1 is 0.457 bits per heavy atom. The summed E-state index contributed by atoms with van der Waals surface area (Å²) < 4.78 is 11.2. The van der Waals surface area contributed by atoms with Crippen molar-refractivity contribution in [3.63, 3.8) is 0 Å². The first-order valence-corrected chi connectivity index (χ1v) is 19.0. The first kappa shape index (κ1) is 43.4. The molecule has 0 amide bonds. The van der Waals surface area contributed by atoms with Gasteiger partial charge in [-0.2, -0.15) is 0 Å². The maximum absolute atomic E-state index is 12.4. The highest BCUT2D eigenvalue weighted by molar-refractivity contribution is 5.69. The fourth-order valence-corrected chi connectivity index (χ4v) is 4.93. The highest BCUT2D eigenvalue weighted by Gasteiger charge is 2.14. The van der Waals surface area contributed by atoms with Crippen LogP contribution in [-0.2, 0) is 19.1 Å². The van der Waals surface area contributed by atoms with E-state index in [1.165, 1.54) is 51.4 Å². The van der Waals surface area contributed by atoms with Gasteiger partial charge >= 0.3 is 11.9 Å². The summed E-state index contributed by atoms with van der Waals surface area (Å²) in [5.41, 5.74) is 0. The van der Waals surface area contributed by atoms with Gasteiger partial charge < -0.3 is 9.47 Å². The maximum atomic E-state index is 12.4. The molecule has 46 heavy (non-hydrogen) atoms. The molecule has 0 aromatic heterocycles. The zero-order valence-electron chi connectivity index (χ0n) is 30.1. The predicted octanol–water partition coefficient (Wildman–Crippen LogP) is 12.8. The van der Waals surface area contributed by atoms with Crippen LogP contribution in [0.25, 0.3) is 0 Å². The van der Waals surface area contributed by atoms with Gasteiger partial charge in [0.15, 0.2) is 0 Å². The summed E-state index contributed by atoms with van der Waals surface area (Å²) in [7, 11) is 0. The fourth-order valence-electron chi connectivity index (χ4n) is 4.93. The average molecular weight is 639 g/mol. The van der Waals surface area contributed by atoms with Crippen LogP contribution in [0.15, 0.2) is 72.9 Å². The second-order valence-electron chi connectivity index (χ2n) is 12.3. The number of ether oxygens (including phenoxy) is 2. The number of unbranched alkanes of at least 4 members (excludes halogenated alkanes) is 14. The SMILES string of the molecule is CCCCC=CC=CC=CCCCCCCCC(=O)OCCC(CCC)OC(=O)CCCCCCCC=CC=CC=CCCCC. The van der Waals surface area contributed by atoms with Gasteiger partial charge in [0, 0.05) is 19.3 Å². The van der Waals surface area contributed by atoms with Crippen LogP contribution >= 0.6 is 0 Å². The molecule has 4 heteroatoms. The van der Waals surface area contributed by atoms with Crippen molar-refractivity contribution in [2.75, 3.05) is 6.61 Å². The van der Waals surface area contributed by atoms with E-state index in [9.17, 15) is 9.59 Å². The van der Waals surface area contributed by atoms with Gasteiger partial charge in [-0.1, -0.05) is 164 Å². The summed E-state index contributed by atoms with van der Waals surface area (Å²) in [5.74, 6) is -0.257. The lowest BCUT2D eigenvalue weighted by atomic mass is 10.1. The van der Waals surface area contributed by atoms with Crippen LogP contribution in [0.5, 0.6) is 0 Å². The molecule has 0 aliphatic rings. The van der Waals surface area contributed by atoms with E-state index in [4.69, 9.17) is 9.47 Å². The van der Waals surface area contributed by atoms with Crippen molar-refractivity contribution in [3.8, 4) is 0 Å². The molecule has 0 aliphatic heterocycles. The molecule has 1 unspecified atom stereocenters. The monoisotopic (exact) mass is 639 g/mol. The summed E-state index contributed by atoms with van der Waals surface area (Å²) in [6, 6.07) is 0. The van der Waals surface area contributed by atoms with Crippen molar-refractivity contribution in [2.24, 2.45) is 0 Å². The van der Waals surface area contributed by atoms with Crippen LogP contribution in [0.2, 0.25) is 0 Å². The van der Waals surface area contributed by atoms with E-state index in [0.717, 1.165) is 77.0 Å². The van der Waals surface area contributed by atoms with Crippen LogP contribution in [0.1, 0.15) is 168 Å². The summed E-state index contributed by atoms with van der Waals surface area (Å²) in [6.45, 7) is 6.84. The van der Waals surface area contributed by atoms with Crippen LogP contribution in [-0.4, -0.2) is 24.6 Å². The number of carbonyl (C=O) groups is 2. The smallest absolute Gasteiger partial charge is 0.306 e. The van der Waals surface area contributed by atoms with E-state index in [0.29, 0.717) is 25.9 Å². The third-order valence-electron chi connectivity index (χ3n) is 7.77. The Morgan fingerprint density at radius 2 is 0.870 bits per heavy atom. The second kappa shape index (κ2) is 36.8. The van der Waals surface area contributed by atoms with E-state index in [1.54, 1.807) is 0 Å². The van der Waals surface area contributed by atoms with E-state index in [2.05, 4.69) is 93.7 Å². The van der Waals surface area contributed by atoms with Gasteiger partial charge in [-0.25, -0.2) is 0 Å². The number of carbonyl (C=O) groups excluding carboxylic acids is 2. The molecule has 0 fully saturated rings. The third-order valence-corrected chi connectivity index (χ3v) is 7.77. The molecule has 0 rings (SSSR count). The highest BCUT2D eigenvalue weighted by Crippen LogP contribution is 2.13. The standard InChI is InChI=1S/C42H70O4/c1-4-7-9-11-13-15-17-19-21-23-25-27-29-31-33-36-41(43)45-39-38-40(35-6-3)46-42(44)37-34-32-30-28-26-24-22-20-18-16-14-12-10-8-5-2/h11-22,40H,4-10,23-39H2,1-3H3. The van der Waals surface area contributed by atoms with Gasteiger partial charge in [-0.15, -0.1) is 0 Å². The van der Waals surface area contributed by atoms with Crippen LogP contribution < -0.4 is 0 Å². The molecule has 0 heterocycles. The van der Waals surface area contributed by atoms with Gasteiger partial charge in [-0.3, -0.25) is 9.59 Å². The summed E-state index contributed by atoms with van der Waals surface area (Å²) in [6.07, 6.45) is 49.4. The van der Waals surface area contributed by atoms with Crippen LogP contribution in [0, 0.1) is 0 Å². The molecular weight excluding hydrogens is 568 g/mol. The van der Waals surface area contributed by atoms with E-state index >= 15 is 0 Å². The van der Waals surface area contributed by atoms with Gasteiger partial charge in [-0.05, 0) is 57.8 Å². The van der Waals surface area contributed by atoms with E-state index in [-0.39, 0.29) is 18.0 Å². The average Bonchev–Trinajstić information content (AvgIpc) is 3.04. The lowest BCUT2D eigenvalue weighted by Crippen LogP contribution is -2.21. The Labute approximate surface area is 284 Å².